The Balaban J connectivity index is 1.98. The predicted molar refractivity (Wildman–Crippen MR) is 87.9 cm³/mol. The van der Waals surface area contributed by atoms with Crippen LogP contribution < -0.4 is 10.1 Å². The van der Waals surface area contributed by atoms with E-state index in [0.29, 0.717) is 6.61 Å². The second-order valence-corrected chi connectivity index (χ2v) is 7.77. The maximum atomic E-state index is 5.87. The highest BCUT2D eigenvalue weighted by molar-refractivity contribution is 7.12. The molecule has 2 aromatic rings. The molecule has 116 valence electrons. The third-order valence-electron chi connectivity index (χ3n) is 3.20. The van der Waals surface area contributed by atoms with Gasteiger partial charge >= 0.3 is 0 Å². The Labute approximate surface area is 131 Å². The van der Waals surface area contributed by atoms with Crippen LogP contribution >= 0.6 is 11.3 Å². The monoisotopic (exact) mass is 307 g/mol. The highest BCUT2D eigenvalue weighted by atomic mass is 32.1. The second-order valence-electron chi connectivity index (χ2n) is 6.43. The van der Waals surface area contributed by atoms with E-state index in [9.17, 15) is 0 Å². The Bertz CT molecular complexity index is 608. The van der Waals surface area contributed by atoms with Gasteiger partial charge in [-0.15, -0.1) is 11.3 Å². The van der Waals surface area contributed by atoms with Crippen LogP contribution in [0.4, 0.5) is 0 Å². The number of aryl methyl sites for hydroxylation is 3. The highest BCUT2D eigenvalue weighted by Crippen LogP contribution is 2.24. The van der Waals surface area contributed by atoms with Crippen molar-refractivity contribution in [1.29, 1.82) is 0 Å². The Morgan fingerprint density at radius 1 is 1.29 bits per heavy atom. The number of thiophene rings is 1. The van der Waals surface area contributed by atoms with Crippen LogP contribution in [-0.4, -0.2) is 15.3 Å². The molecule has 0 fully saturated rings. The summed E-state index contributed by atoms with van der Waals surface area (Å²) in [7, 11) is 1.90. The molecular weight excluding hydrogens is 282 g/mol. The molecule has 0 amide bonds. The van der Waals surface area contributed by atoms with E-state index in [4.69, 9.17) is 4.74 Å². The second kappa shape index (κ2) is 6.20. The molecule has 0 saturated carbocycles. The number of hydrogen-bond donors (Lipinski definition) is 1. The van der Waals surface area contributed by atoms with E-state index in [1.807, 2.05) is 31.4 Å². The molecule has 0 aliphatic carbocycles. The summed E-state index contributed by atoms with van der Waals surface area (Å²) in [5.41, 5.74) is 2.37. The minimum Gasteiger partial charge on any atom is -0.473 e. The predicted octanol–water partition coefficient (Wildman–Crippen LogP) is 3.57. The highest BCUT2D eigenvalue weighted by Gasteiger charge is 2.12. The third-order valence-corrected chi connectivity index (χ3v) is 4.29. The number of nitrogens with one attached hydrogen (secondary N) is 1. The summed E-state index contributed by atoms with van der Waals surface area (Å²) in [5.74, 6) is 0.812. The lowest BCUT2D eigenvalue weighted by Gasteiger charge is -2.19. The minimum absolute atomic E-state index is 0.140. The van der Waals surface area contributed by atoms with Crippen molar-refractivity contribution in [1.82, 2.24) is 15.1 Å². The fraction of sp³-hybridized carbons (Fsp3) is 0.562. The summed E-state index contributed by atoms with van der Waals surface area (Å²) in [6.45, 7) is 12.2. The minimum atomic E-state index is 0.140. The quantitative estimate of drug-likeness (QED) is 0.918. The molecule has 0 aliphatic heterocycles. The summed E-state index contributed by atoms with van der Waals surface area (Å²) >= 11 is 1.83. The van der Waals surface area contributed by atoms with Gasteiger partial charge in [0.2, 0.25) is 5.88 Å². The molecule has 1 N–H and O–H groups in total. The Hall–Kier alpha value is -1.33. The average Bonchev–Trinajstić information content (AvgIpc) is 2.86. The lowest BCUT2D eigenvalue weighted by atomic mass is 10.1. The van der Waals surface area contributed by atoms with Crippen molar-refractivity contribution < 1.29 is 4.74 Å². The van der Waals surface area contributed by atoms with Crippen LogP contribution in [-0.2, 0) is 20.2 Å². The fourth-order valence-corrected chi connectivity index (χ4v) is 3.03. The fourth-order valence-electron chi connectivity index (χ4n) is 2.04. The average molecular weight is 307 g/mol. The first-order chi connectivity index (χ1) is 9.74. The van der Waals surface area contributed by atoms with E-state index in [1.54, 1.807) is 4.68 Å². The van der Waals surface area contributed by atoms with Crippen molar-refractivity contribution in [3.8, 4) is 5.88 Å². The van der Waals surface area contributed by atoms with Gasteiger partial charge in [-0.3, -0.25) is 0 Å². The van der Waals surface area contributed by atoms with Gasteiger partial charge in [0.25, 0.3) is 0 Å². The van der Waals surface area contributed by atoms with Crippen molar-refractivity contribution in [2.75, 3.05) is 0 Å². The summed E-state index contributed by atoms with van der Waals surface area (Å²) < 4.78 is 7.65. The van der Waals surface area contributed by atoms with Gasteiger partial charge in [0, 0.05) is 40.5 Å². The first-order valence-electron chi connectivity index (χ1n) is 7.21. The molecular formula is C16H25N3OS. The molecule has 0 atom stereocenters. The van der Waals surface area contributed by atoms with Gasteiger partial charge in [-0.1, -0.05) is 0 Å². The van der Waals surface area contributed by atoms with Crippen LogP contribution in [0.25, 0.3) is 0 Å². The van der Waals surface area contributed by atoms with Gasteiger partial charge in [0.15, 0.2) is 0 Å². The largest absolute Gasteiger partial charge is 0.473 e. The number of hydrogen-bond acceptors (Lipinski definition) is 4. The molecule has 0 aromatic carbocycles. The molecule has 2 heterocycles. The van der Waals surface area contributed by atoms with Gasteiger partial charge in [-0.05, 0) is 40.7 Å². The molecule has 0 bridgehead atoms. The number of aromatic nitrogens is 2. The molecule has 0 saturated heterocycles. The van der Waals surface area contributed by atoms with E-state index in [2.05, 4.69) is 44.2 Å². The van der Waals surface area contributed by atoms with E-state index in [-0.39, 0.29) is 5.54 Å². The molecule has 0 aliphatic rings. The van der Waals surface area contributed by atoms with Gasteiger partial charge < -0.3 is 10.1 Å². The molecule has 21 heavy (non-hydrogen) atoms. The van der Waals surface area contributed by atoms with Crippen LogP contribution in [0, 0.1) is 13.8 Å². The SMILES string of the molecule is Cc1cc(OCc2cc(CNC(C)(C)C)sc2C)n(C)n1. The Kier molecular flexibility index (Phi) is 4.74. The Morgan fingerprint density at radius 2 is 2.00 bits per heavy atom. The Morgan fingerprint density at radius 3 is 2.57 bits per heavy atom. The molecule has 0 unspecified atom stereocenters. The van der Waals surface area contributed by atoms with E-state index in [0.717, 1.165) is 18.1 Å². The van der Waals surface area contributed by atoms with Crippen molar-refractivity contribution in [2.45, 2.75) is 53.3 Å². The third kappa shape index (κ3) is 4.58. The van der Waals surface area contributed by atoms with E-state index < -0.39 is 0 Å². The lowest BCUT2D eigenvalue weighted by molar-refractivity contribution is 0.278. The summed E-state index contributed by atoms with van der Waals surface area (Å²) in [5, 5.41) is 7.81. The first-order valence-corrected chi connectivity index (χ1v) is 8.03. The van der Waals surface area contributed by atoms with Gasteiger partial charge in [-0.2, -0.15) is 5.10 Å². The van der Waals surface area contributed by atoms with Gasteiger partial charge in [-0.25, -0.2) is 4.68 Å². The van der Waals surface area contributed by atoms with Crippen molar-refractivity contribution in [2.24, 2.45) is 7.05 Å². The normalized spacial score (nSPS) is 11.9. The van der Waals surface area contributed by atoms with Crippen LogP contribution in [0.5, 0.6) is 5.88 Å². The molecule has 2 aromatic heterocycles. The van der Waals surface area contributed by atoms with Crippen LogP contribution in [0.1, 0.15) is 41.8 Å². The molecule has 4 nitrogen and oxygen atoms in total. The van der Waals surface area contributed by atoms with Crippen molar-refractivity contribution >= 4 is 11.3 Å². The standard InChI is InChI=1S/C16H25N3OS/c1-11-7-15(19(6)18-11)20-10-13-8-14(21-12(13)2)9-17-16(3,4)5/h7-8,17H,9-10H2,1-6H3. The summed E-state index contributed by atoms with van der Waals surface area (Å²) in [6, 6.07) is 4.20. The topological polar surface area (TPSA) is 39.1 Å². The number of rotatable bonds is 5. The molecule has 0 radical (unpaired) electrons. The zero-order valence-corrected chi connectivity index (χ0v) is 14.6. The van der Waals surface area contributed by atoms with E-state index in [1.165, 1.54) is 15.3 Å². The summed E-state index contributed by atoms with van der Waals surface area (Å²) in [4.78, 5) is 2.67. The van der Waals surface area contributed by atoms with Crippen LogP contribution in [0.3, 0.4) is 0 Å². The molecule has 0 spiro atoms. The zero-order chi connectivity index (χ0) is 15.6. The van der Waals surface area contributed by atoms with Crippen molar-refractivity contribution in [3.05, 3.63) is 33.1 Å². The van der Waals surface area contributed by atoms with Crippen molar-refractivity contribution in [3.63, 3.8) is 0 Å². The zero-order valence-electron chi connectivity index (χ0n) is 13.8. The van der Waals surface area contributed by atoms with Gasteiger partial charge in [0.05, 0.1) is 5.69 Å². The molecule has 2 rings (SSSR count). The molecule has 5 heteroatoms. The number of ether oxygens (including phenoxy) is 1. The summed E-state index contributed by atoms with van der Waals surface area (Å²) in [6.07, 6.45) is 0. The van der Waals surface area contributed by atoms with Crippen LogP contribution in [0.2, 0.25) is 0 Å². The van der Waals surface area contributed by atoms with E-state index >= 15 is 0 Å². The first kappa shape index (κ1) is 16.0. The maximum Gasteiger partial charge on any atom is 0.212 e. The van der Waals surface area contributed by atoms with Gasteiger partial charge in [0.1, 0.15) is 6.61 Å². The smallest absolute Gasteiger partial charge is 0.212 e. The number of nitrogens with zero attached hydrogens (tertiary/aromatic N) is 2. The maximum absolute atomic E-state index is 5.87. The van der Waals surface area contributed by atoms with Crippen LogP contribution in [0.15, 0.2) is 12.1 Å². The lowest BCUT2D eigenvalue weighted by Crippen LogP contribution is -2.34.